The van der Waals surface area contributed by atoms with E-state index >= 15 is 0 Å². The molecule has 1 N–H and O–H groups in total. The molecule has 5 nitrogen and oxygen atoms in total. The number of Topliss-reactive ketones (excluding diaryl/α,β-unsaturated/α-hetero) is 1. The first-order valence-electron chi connectivity index (χ1n) is 7.17. The van der Waals surface area contributed by atoms with Crippen LogP contribution in [0.1, 0.15) is 23.7 Å². The summed E-state index contributed by atoms with van der Waals surface area (Å²) in [4.78, 5) is 23.2. The van der Waals surface area contributed by atoms with Crippen LogP contribution in [0.3, 0.4) is 0 Å². The Bertz CT molecular complexity index is 860. The van der Waals surface area contributed by atoms with Gasteiger partial charge in [-0.25, -0.2) is 12.8 Å². The lowest BCUT2D eigenvalue weighted by atomic mass is 10.1. The minimum atomic E-state index is -3.67. The molecule has 7 heteroatoms. The molecule has 0 atom stereocenters. The minimum absolute atomic E-state index is 0.0322. The molecular weight excluding hydrogens is 333 g/mol. The largest absolute Gasteiger partial charge is 0.326 e. The molecule has 2 aromatic carbocycles. The first-order valence-corrected chi connectivity index (χ1v) is 8.82. The summed E-state index contributed by atoms with van der Waals surface area (Å²) in [6.45, 7) is 1.41. The highest BCUT2D eigenvalue weighted by molar-refractivity contribution is 7.91. The molecule has 0 saturated carbocycles. The topological polar surface area (TPSA) is 80.3 Å². The highest BCUT2D eigenvalue weighted by Crippen LogP contribution is 2.14. The van der Waals surface area contributed by atoms with Gasteiger partial charge in [0.25, 0.3) is 0 Å². The molecule has 0 saturated heterocycles. The molecule has 0 aromatic heterocycles. The van der Waals surface area contributed by atoms with Crippen molar-refractivity contribution in [2.24, 2.45) is 0 Å². The van der Waals surface area contributed by atoms with Gasteiger partial charge in [-0.2, -0.15) is 0 Å². The van der Waals surface area contributed by atoms with Crippen LogP contribution in [0.4, 0.5) is 10.1 Å². The second-order valence-corrected chi connectivity index (χ2v) is 7.32. The summed E-state index contributed by atoms with van der Waals surface area (Å²) in [6.07, 6.45) is -0.246. The Kier molecular flexibility index (Phi) is 5.46. The lowest BCUT2D eigenvalue weighted by Crippen LogP contribution is -2.17. The summed E-state index contributed by atoms with van der Waals surface area (Å²) in [6, 6.07) is 10.8. The Morgan fingerprint density at radius 3 is 2.38 bits per heavy atom. The van der Waals surface area contributed by atoms with Crippen LogP contribution in [0.5, 0.6) is 0 Å². The van der Waals surface area contributed by atoms with E-state index in [4.69, 9.17) is 0 Å². The zero-order valence-corrected chi connectivity index (χ0v) is 13.8. The summed E-state index contributed by atoms with van der Waals surface area (Å²) >= 11 is 0. The Hall–Kier alpha value is -2.54. The van der Waals surface area contributed by atoms with Crippen molar-refractivity contribution >= 4 is 27.2 Å². The Morgan fingerprint density at radius 2 is 1.75 bits per heavy atom. The van der Waals surface area contributed by atoms with Gasteiger partial charge in [0.1, 0.15) is 5.82 Å². The number of rotatable bonds is 6. The van der Waals surface area contributed by atoms with Crippen molar-refractivity contribution in [2.75, 3.05) is 11.1 Å². The number of hydrogen-bond acceptors (Lipinski definition) is 4. The molecule has 0 aliphatic carbocycles. The molecule has 2 rings (SSSR count). The fourth-order valence-corrected chi connectivity index (χ4v) is 3.27. The molecule has 2 aromatic rings. The molecule has 0 bridgehead atoms. The van der Waals surface area contributed by atoms with Crippen LogP contribution < -0.4 is 5.32 Å². The predicted molar refractivity (Wildman–Crippen MR) is 88.1 cm³/mol. The van der Waals surface area contributed by atoms with E-state index in [9.17, 15) is 22.4 Å². The third-order valence-corrected chi connectivity index (χ3v) is 5.06. The lowest BCUT2D eigenvalue weighted by Gasteiger charge is -2.07. The van der Waals surface area contributed by atoms with Gasteiger partial charge in [-0.1, -0.05) is 12.1 Å². The van der Waals surface area contributed by atoms with Crippen molar-refractivity contribution in [1.29, 1.82) is 0 Å². The van der Waals surface area contributed by atoms with Crippen molar-refractivity contribution < 1.29 is 22.4 Å². The van der Waals surface area contributed by atoms with Gasteiger partial charge >= 0.3 is 0 Å². The van der Waals surface area contributed by atoms with E-state index in [2.05, 4.69) is 5.32 Å². The van der Waals surface area contributed by atoms with Crippen LogP contribution in [0, 0.1) is 5.82 Å². The number of ketones is 1. The Labute approximate surface area is 139 Å². The van der Waals surface area contributed by atoms with E-state index in [0.29, 0.717) is 11.3 Å². The third-order valence-electron chi connectivity index (χ3n) is 3.32. The number of sulfone groups is 1. The van der Waals surface area contributed by atoms with E-state index in [0.717, 1.165) is 12.1 Å². The van der Waals surface area contributed by atoms with Crippen LogP contribution >= 0.6 is 0 Å². The standard InChI is InChI=1S/C17H16FNO4S/c1-12(20)13-3-2-4-15(11-13)19-17(21)9-10-24(22,23)16-7-5-14(18)6-8-16/h2-8,11H,9-10H2,1H3,(H,19,21). The summed E-state index contributed by atoms with van der Waals surface area (Å²) in [5.41, 5.74) is 0.874. The van der Waals surface area contributed by atoms with Gasteiger partial charge in [-0.15, -0.1) is 0 Å². The van der Waals surface area contributed by atoms with Crippen molar-refractivity contribution in [2.45, 2.75) is 18.2 Å². The average Bonchev–Trinajstić information content (AvgIpc) is 2.54. The van der Waals surface area contributed by atoms with Crippen molar-refractivity contribution in [1.82, 2.24) is 0 Å². The van der Waals surface area contributed by atoms with E-state index in [1.165, 1.54) is 25.1 Å². The van der Waals surface area contributed by atoms with Gasteiger partial charge in [-0.3, -0.25) is 9.59 Å². The number of anilines is 1. The van der Waals surface area contributed by atoms with Gasteiger partial charge in [0, 0.05) is 17.7 Å². The van der Waals surface area contributed by atoms with Gasteiger partial charge < -0.3 is 5.32 Å². The summed E-state index contributed by atoms with van der Waals surface area (Å²) in [5, 5.41) is 2.55. The molecule has 0 fully saturated rings. The Morgan fingerprint density at radius 1 is 1.08 bits per heavy atom. The number of nitrogens with one attached hydrogen (secondary N) is 1. The monoisotopic (exact) mass is 349 g/mol. The number of halogens is 1. The second-order valence-electron chi connectivity index (χ2n) is 5.21. The SMILES string of the molecule is CC(=O)c1cccc(NC(=O)CCS(=O)(=O)c2ccc(F)cc2)c1. The fraction of sp³-hybridized carbons (Fsp3) is 0.176. The fourth-order valence-electron chi connectivity index (χ4n) is 2.03. The zero-order valence-electron chi connectivity index (χ0n) is 13.0. The maximum absolute atomic E-state index is 12.8. The van der Waals surface area contributed by atoms with E-state index < -0.39 is 27.3 Å². The normalized spacial score (nSPS) is 11.1. The molecule has 1 amide bonds. The molecule has 0 unspecified atom stereocenters. The minimum Gasteiger partial charge on any atom is -0.326 e. The van der Waals surface area contributed by atoms with Crippen molar-refractivity contribution in [3.8, 4) is 0 Å². The van der Waals surface area contributed by atoms with Gasteiger partial charge in [-0.05, 0) is 43.3 Å². The smallest absolute Gasteiger partial charge is 0.225 e. The molecule has 0 aliphatic heterocycles. The first kappa shape index (κ1) is 17.8. The molecule has 0 spiro atoms. The van der Waals surface area contributed by atoms with E-state index in [1.54, 1.807) is 18.2 Å². The molecule has 24 heavy (non-hydrogen) atoms. The number of benzene rings is 2. The molecular formula is C17H16FNO4S. The molecule has 0 radical (unpaired) electrons. The first-order chi connectivity index (χ1) is 11.3. The highest BCUT2D eigenvalue weighted by Gasteiger charge is 2.16. The Balaban J connectivity index is 1.99. The van der Waals surface area contributed by atoms with Crippen LogP contribution in [-0.4, -0.2) is 25.9 Å². The van der Waals surface area contributed by atoms with E-state index in [1.807, 2.05) is 0 Å². The van der Waals surface area contributed by atoms with Gasteiger partial charge in [0.05, 0.1) is 10.6 Å². The number of carbonyl (C=O) groups excluding carboxylic acids is 2. The summed E-state index contributed by atoms with van der Waals surface area (Å²) < 4.78 is 37.0. The van der Waals surface area contributed by atoms with Crippen molar-refractivity contribution in [3.05, 3.63) is 59.9 Å². The van der Waals surface area contributed by atoms with Gasteiger partial charge in [0.15, 0.2) is 15.6 Å². The van der Waals surface area contributed by atoms with Crippen LogP contribution in [0.25, 0.3) is 0 Å². The molecule has 0 heterocycles. The zero-order chi connectivity index (χ0) is 17.7. The number of hydrogen-bond donors (Lipinski definition) is 1. The highest BCUT2D eigenvalue weighted by atomic mass is 32.2. The molecule has 0 aliphatic rings. The number of amides is 1. The van der Waals surface area contributed by atoms with Crippen LogP contribution in [-0.2, 0) is 14.6 Å². The molecule has 126 valence electrons. The third kappa shape index (κ3) is 4.73. The van der Waals surface area contributed by atoms with Crippen LogP contribution in [0.2, 0.25) is 0 Å². The quantitative estimate of drug-likeness (QED) is 0.642. The van der Waals surface area contributed by atoms with Crippen LogP contribution in [0.15, 0.2) is 53.4 Å². The average molecular weight is 349 g/mol. The van der Waals surface area contributed by atoms with Crippen molar-refractivity contribution in [3.63, 3.8) is 0 Å². The lowest BCUT2D eigenvalue weighted by molar-refractivity contribution is -0.115. The van der Waals surface area contributed by atoms with Gasteiger partial charge in [0.2, 0.25) is 5.91 Å². The number of carbonyl (C=O) groups is 2. The second kappa shape index (κ2) is 7.35. The van der Waals surface area contributed by atoms with E-state index in [-0.39, 0.29) is 17.1 Å². The predicted octanol–water partition coefficient (Wildman–Crippen LogP) is 2.83. The summed E-state index contributed by atoms with van der Waals surface area (Å²) in [5.74, 6) is -1.54. The summed E-state index contributed by atoms with van der Waals surface area (Å²) in [7, 11) is -3.67. The maximum Gasteiger partial charge on any atom is 0.225 e. The maximum atomic E-state index is 12.8.